The lowest BCUT2D eigenvalue weighted by Gasteiger charge is -2.43. The molecule has 5 heterocycles. The minimum atomic E-state index is -0.348. The van der Waals surface area contributed by atoms with Gasteiger partial charge in [0.2, 0.25) is 0 Å². The van der Waals surface area contributed by atoms with Crippen LogP contribution in [-0.2, 0) is 0 Å². The standard InChI is InChI=1S/C42H28BN3O2/c1-26-34-23-29(27-13-4-2-5-14-27)24-39(47)32-17-8-10-21-36(32)45(26)43-40-30(34)19-12-20-31(40)35-25-38(28-15-6-3-7-16-28)44-41(35)46(43)37-22-11-9-18-33(37)42(44)48/h2-23,25H,24H2,1H3/b29-23+. The van der Waals surface area contributed by atoms with Crippen LogP contribution in [0, 0.1) is 0 Å². The summed E-state index contributed by atoms with van der Waals surface area (Å²) in [6, 6.07) is 45.0. The Morgan fingerprint density at radius 1 is 0.646 bits per heavy atom. The number of carbonyl (C=O) groups is 1. The largest absolute Gasteiger partial charge is 0.422 e. The number of hydrogen-bond donors (Lipinski definition) is 0. The van der Waals surface area contributed by atoms with Crippen LogP contribution in [0.5, 0.6) is 0 Å². The fraction of sp³-hybridized carbons (Fsp3) is 0.0476. The summed E-state index contributed by atoms with van der Waals surface area (Å²) in [6.07, 6.45) is 2.52. The minimum absolute atomic E-state index is 0.0409. The number of anilines is 1. The van der Waals surface area contributed by atoms with Gasteiger partial charge in [-0.25, -0.2) is 0 Å². The van der Waals surface area contributed by atoms with Gasteiger partial charge in [0, 0.05) is 34.4 Å². The molecule has 2 bridgehead atoms. The van der Waals surface area contributed by atoms with Gasteiger partial charge in [0.25, 0.3) is 5.56 Å². The fourth-order valence-electron chi connectivity index (χ4n) is 8.25. The predicted molar refractivity (Wildman–Crippen MR) is 196 cm³/mol. The number of benzene rings is 5. The SMILES string of the molecule is CC1=C2/C=C(/c3ccccc3)CC(=O)c3ccccc3N1B1c3c2cccc3-c2cc(-c3ccccc3)n3c(=O)c4ccccc4n1c23. The lowest BCUT2D eigenvalue weighted by molar-refractivity contribution is 0.0999. The molecule has 3 aliphatic rings. The Bertz CT molecular complexity index is 2650. The summed E-state index contributed by atoms with van der Waals surface area (Å²) in [6.45, 7) is 1.82. The normalized spacial score (nSPS) is 15.9. The zero-order chi connectivity index (χ0) is 32.1. The van der Waals surface area contributed by atoms with E-state index in [4.69, 9.17) is 0 Å². The molecule has 5 nitrogen and oxygen atoms in total. The number of para-hydroxylation sites is 2. The molecule has 0 atom stereocenters. The molecule has 7 aromatic rings. The van der Waals surface area contributed by atoms with Crippen LogP contribution >= 0.6 is 0 Å². The van der Waals surface area contributed by atoms with Gasteiger partial charge in [-0.1, -0.05) is 103 Å². The summed E-state index contributed by atoms with van der Waals surface area (Å²) in [5.74, 6) is 0.0754. The van der Waals surface area contributed by atoms with Gasteiger partial charge in [0.05, 0.1) is 11.1 Å². The topological polar surface area (TPSA) is 46.7 Å². The van der Waals surface area contributed by atoms with E-state index in [0.717, 1.165) is 67.2 Å². The summed E-state index contributed by atoms with van der Waals surface area (Å²) < 4.78 is 4.24. The van der Waals surface area contributed by atoms with Crippen molar-refractivity contribution in [3.05, 3.63) is 172 Å². The highest BCUT2D eigenvalue weighted by molar-refractivity contribution is 6.81. The van der Waals surface area contributed by atoms with Crippen molar-refractivity contribution in [2.45, 2.75) is 13.3 Å². The maximum absolute atomic E-state index is 14.5. The van der Waals surface area contributed by atoms with E-state index in [1.807, 2.05) is 77.2 Å². The molecular weight excluding hydrogens is 589 g/mol. The third kappa shape index (κ3) is 3.57. The third-order valence-corrected chi connectivity index (χ3v) is 10.3. The second-order valence-corrected chi connectivity index (χ2v) is 12.8. The second kappa shape index (κ2) is 9.93. The molecule has 6 heteroatoms. The van der Waals surface area contributed by atoms with E-state index in [1.54, 1.807) is 0 Å². The molecule has 226 valence electrons. The molecule has 0 aliphatic carbocycles. The number of allylic oxidation sites excluding steroid dienone is 4. The van der Waals surface area contributed by atoms with Crippen molar-refractivity contribution in [2.75, 3.05) is 4.81 Å². The smallest absolute Gasteiger partial charge is 0.364 e. The maximum Gasteiger partial charge on any atom is 0.422 e. The number of fused-ring (bicyclic) bond motifs is 9. The highest BCUT2D eigenvalue weighted by Gasteiger charge is 2.45. The maximum atomic E-state index is 14.5. The second-order valence-electron chi connectivity index (χ2n) is 12.8. The molecule has 0 unspecified atom stereocenters. The Morgan fingerprint density at radius 3 is 2.12 bits per heavy atom. The molecule has 48 heavy (non-hydrogen) atoms. The van der Waals surface area contributed by atoms with E-state index in [9.17, 15) is 9.59 Å². The molecule has 0 radical (unpaired) electrons. The van der Waals surface area contributed by atoms with Gasteiger partial charge in [0.1, 0.15) is 5.65 Å². The fourth-order valence-corrected chi connectivity index (χ4v) is 8.25. The predicted octanol–water partition coefficient (Wildman–Crippen LogP) is 8.07. The lowest BCUT2D eigenvalue weighted by Crippen LogP contribution is -2.59. The molecular formula is C42H28BN3O2. The first-order chi connectivity index (χ1) is 23.6. The van der Waals surface area contributed by atoms with Gasteiger partial charge in [0.15, 0.2) is 5.78 Å². The average molecular weight is 618 g/mol. The molecule has 5 aromatic carbocycles. The van der Waals surface area contributed by atoms with Gasteiger partial charge in [-0.15, -0.1) is 0 Å². The number of hydrogen-bond acceptors (Lipinski definition) is 3. The van der Waals surface area contributed by atoms with Crippen LogP contribution in [0.3, 0.4) is 0 Å². The van der Waals surface area contributed by atoms with E-state index >= 15 is 0 Å². The number of carbonyl (C=O) groups excluding carboxylic acids is 1. The number of Topliss-reactive ketones (excluding diaryl/α,β-unsaturated/α-hetero) is 1. The molecule has 0 fully saturated rings. The van der Waals surface area contributed by atoms with E-state index in [1.165, 1.54) is 5.46 Å². The van der Waals surface area contributed by atoms with Crippen LogP contribution in [0.25, 0.3) is 50.1 Å². The number of rotatable bonds is 2. The Balaban J connectivity index is 1.39. The molecule has 0 saturated heterocycles. The quantitative estimate of drug-likeness (QED) is 0.185. The van der Waals surface area contributed by atoms with Crippen molar-refractivity contribution in [2.24, 2.45) is 0 Å². The van der Waals surface area contributed by atoms with Crippen LogP contribution in [0.1, 0.15) is 34.8 Å². The first kappa shape index (κ1) is 27.0. The Morgan fingerprint density at radius 2 is 1.31 bits per heavy atom. The summed E-state index contributed by atoms with van der Waals surface area (Å²) in [5, 5.41) is 0.651. The molecule has 0 N–H and O–H groups in total. The monoisotopic (exact) mass is 617 g/mol. The first-order valence-corrected chi connectivity index (χ1v) is 16.4. The Kier molecular flexibility index (Phi) is 5.59. The lowest BCUT2D eigenvalue weighted by atomic mass is 9.55. The van der Waals surface area contributed by atoms with Crippen LogP contribution in [-0.4, -0.2) is 21.6 Å². The highest BCUT2D eigenvalue weighted by atomic mass is 16.1. The number of aromatic nitrogens is 2. The highest BCUT2D eigenvalue weighted by Crippen LogP contribution is 2.44. The van der Waals surface area contributed by atoms with E-state index in [2.05, 4.69) is 83.0 Å². The Hall–Kier alpha value is -6.14. The van der Waals surface area contributed by atoms with Gasteiger partial charge >= 0.3 is 6.98 Å². The molecule has 0 spiro atoms. The van der Waals surface area contributed by atoms with Crippen molar-refractivity contribution in [1.82, 2.24) is 8.88 Å². The van der Waals surface area contributed by atoms with E-state index in [0.29, 0.717) is 10.9 Å². The number of nitrogens with zero attached hydrogens (tertiary/aromatic N) is 3. The third-order valence-electron chi connectivity index (χ3n) is 10.3. The molecule has 2 aromatic heterocycles. The van der Waals surface area contributed by atoms with Crippen molar-refractivity contribution in [3.8, 4) is 22.4 Å². The van der Waals surface area contributed by atoms with Gasteiger partial charge in [-0.2, -0.15) is 0 Å². The van der Waals surface area contributed by atoms with Crippen LogP contribution in [0.4, 0.5) is 5.69 Å². The molecule has 0 amide bonds. The van der Waals surface area contributed by atoms with Gasteiger partial charge in [-0.3, -0.25) is 14.0 Å². The van der Waals surface area contributed by atoms with Crippen molar-refractivity contribution < 1.29 is 4.79 Å². The summed E-state index contributed by atoms with van der Waals surface area (Å²) in [4.78, 5) is 31.1. The molecule has 0 saturated carbocycles. The van der Waals surface area contributed by atoms with Crippen LogP contribution in [0.2, 0.25) is 0 Å². The van der Waals surface area contributed by atoms with E-state index < -0.39 is 0 Å². The van der Waals surface area contributed by atoms with Crippen molar-refractivity contribution >= 4 is 51.6 Å². The summed E-state index contributed by atoms with van der Waals surface area (Å²) in [7, 11) is 0. The summed E-state index contributed by atoms with van der Waals surface area (Å²) >= 11 is 0. The van der Waals surface area contributed by atoms with E-state index in [-0.39, 0.29) is 24.7 Å². The zero-order valence-corrected chi connectivity index (χ0v) is 26.2. The summed E-state index contributed by atoms with van der Waals surface area (Å²) in [5.41, 5.74) is 13.7. The zero-order valence-electron chi connectivity index (χ0n) is 26.2. The molecule has 3 aliphatic heterocycles. The van der Waals surface area contributed by atoms with Crippen molar-refractivity contribution in [3.63, 3.8) is 0 Å². The van der Waals surface area contributed by atoms with Crippen LogP contribution in [0.15, 0.2) is 150 Å². The number of ketones is 1. The van der Waals surface area contributed by atoms with Gasteiger partial charge < -0.3 is 9.29 Å². The van der Waals surface area contributed by atoms with Crippen molar-refractivity contribution in [1.29, 1.82) is 0 Å². The first-order valence-electron chi connectivity index (χ1n) is 16.4. The van der Waals surface area contributed by atoms with Crippen LogP contribution < -0.4 is 15.8 Å². The average Bonchev–Trinajstić information content (AvgIpc) is 3.55. The minimum Gasteiger partial charge on any atom is -0.364 e. The Labute approximate surface area is 277 Å². The molecule has 10 rings (SSSR count). The van der Waals surface area contributed by atoms with Gasteiger partial charge in [-0.05, 0) is 82.2 Å².